The lowest BCUT2D eigenvalue weighted by Crippen LogP contribution is -2.66. The Morgan fingerprint density at radius 1 is 1.06 bits per heavy atom. The molecule has 10 heteroatoms. The highest BCUT2D eigenvalue weighted by molar-refractivity contribution is 6.31. The van der Waals surface area contributed by atoms with Crippen molar-refractivity contribution in [2.24, 2.45) is 11.8 Å². The average molecular weight is 655 g/mol. The van der Waals surface area contributed by atoms with Gasteiger partial charge in [-0.05, 0) is 80.7 Å². The summed E-state index contributed by atoms with van der Waals surface area (Å²) in [7, 11) is 0. The zero-order chi connectivity index (χ0) is 32.4. The molecule has 3 aliphatic rings. The van der Waals surface area contributed by atoms with Gasteiger partial charge in [-0.25, -0.2) is 4.98 Å². The number of hydrogen-bond acceptors (Lipinski definition) is 4. The highest BCUT2D eigenvalue weighted by atomic mass is 35.5. The van der Waals surface area contributed by atoms with Crippen LogP contribution in [0, 0.1) is 11.8 Å². The second kappa shape index (κ2) is 13.6. The number of imidazole rings is 1. The third-order valence-electron chi connectivity index (χ3n) is 10.6. The van der Waals surface area contributed by atoms with Gasteiger partial charge in [0.2, 0.25) is 17.7 Å². The van der Waals surface area contributed by atoms with Gasteiger partial charge >= 0.3 is 0 Å². The molecule has 0 saturated carbocycles. The molecular formula is C37H43ClN6O3. The molecule has 47 heavy (non-hydrogen) atoms. The Kier molecular flexibility index (Phi) is 9.08. The highest BCUT2D eigenvalue weighted by Crippen LogP contribution is 2.53. The van der Waals surface area contributed by atoms with Crippen molar-refractivity contribution in [3.05, 3.63) is 89.1 Å². The van der Waals surface area contributed by atoms with Crippen LogP contribution in [0.5, 0.6) is 0 Å². The molecule has 0 spiro atoms. The van der Waals surface area contributed by atoms with Crippen LogP contribution in [0.15, 0.2) is 67.3 Å². The number of halogens is 1. The molecule has 5 heterocycles. The van der Waals surface area contributed by atoms with E-state index < -0.39 is 17.4 Å². The van der Waals surface area contributed by atoms with Gasteiger partial charge in [0.1, 0.15) is 0 Å². The minimum Gasteiger partial charge on any atom is -0.356 e. The van der Waals surface area contributed by atoms with Crippen LogP contribution < -0.4 is 5.32 Å². The minimum atomic E-state index is -0.863. The van der Waals surface area contributed by atoms with Crippen molar-refractivity contribution >= 4 is 40.2 Å². The van der Waals surface area contributed by atoms with Crippen molar-refractivity contribution in [1.29, 1.82) is 0 Å². The first-order valence-corrected chi connectivity index (χ1v) is 17.5. The molecule has 3 amide bonds. The molecule has 0 bridgehead atoms. The smallest absolute Gasteiger partial charge is 0.228 e. The van der Waals surface area contributed by atoms with Gasteiger partial charge in [-0.3, -0.25) is 14.4 Å². The fraction of sp³-hybridized carbons (Fsp3) is 0.459. The van der Waals surface area contributed by atoms with Gasteiger partial charge in [-0.1, -0.05) is 41.9 Å². The number of H-pyrrole nitrogens is 1. The van der Waals surface area contributed by atoms with Crippen molar-refractivity contribution < 1.29 is 14.4 Å². The molecule has 246 valence electrons. The molecule has 4 aromatic rings. The van der Waals surface area contributed by atoms with Crippen LogP contribution in [0.1, 0.15) is 61.8 Å². The van der Waals surface area contributed by atoms with Crippen LogP contribution in [0.2, 0.25) is 5.02 Å². The predicted molar refractivity (Wildman–Crippen MR) is 182 cm³/mol. The molecule has 2 aromatic carbocycles. The Morgan fingerprint density at radius 2 is 1.89 bits per heavy atom. The number of carbonyl (C=O) groups excluding carboxylic acids is 3. The first-order valence-electron chi connectivity index (χ1n) is 17.1. The minimum absolute atomic E-state index is 0.0309. The Morgan fingerprint density at radius 3 is 2.68 bits per heavy atom. The average Bonchev–Trinajstić information content (AvgIpc) is 3.76. The fourth-order valence-corrected chi connectivity index (χ4v) is 8.48. The summed E-state index contributed by atoms with van der Waals surface area (Å²) in [6, 6.07) is 16.2. The molecule has 7 rings (SSSR count). The summed E-state index contributed by atoms with van der Waals surface area (Å²) < 4.78 is 1.98. The van der Waals surface area contributed by atoms with E-state index in [4.69, 9.17) is 11.6 Å². The normalized spacial score (nSPS) is 22.6. The molecule has 0 radical (unpaired) electrons. The molecule has 2 saturated heterocycles. The standard InChI is InChI=1S/C37H43ClN6O3/c38-28-10-11-32-30(24-28)29-13-20-44-35(46)27(23-33(45)40-15-7-17-42-21-16-39-25-42)22-31(36(47)43-18-5-2-6-19-43)37(44,34(29)41-32)14-12-26-8-3-1-4-9-26/h1,3-4,8-11,16,21,24-25,27,31,41H,2,5-7,12-15,17-20,22-23H2,(H,40,45)/t27-,31-,37+/m1/s1. The van der Waals surface area contributed by atoms with Gasteiger partial charge in [0.05, 0.1) is 17.8 Å². The first kappa shape index (κ1) is 31.5. The van der Waals surface area contributed by atoms with Crippen molar-refractivity contribution in [3.63, 3.8) is 0 Å². The molecule has 9 nitrogen and oxygen atoms in total. The van der Waals surface area contributed by atoms with Gasteiger partial charge in [0.15, 0.2) is 0 Å². The number of amides is 3. The zero-order valence-electron chi connectivity index (χ0n) is 26.8. The molecule has 2 fully saturated rings. The van der Waals surface area contributed by atoms with Crippen LogP contribution in [-0.4, -0.2) is 68.2 Å². The number of piperidine rings is 2. The SMILES string of the molecule is O=C(C[C@H]1C[C@H](C(=O)N2CCCCC2)[C@@]2(CCc3ccccc3)c3[nH]c4ccc(Cl)cc4c3CCN2C1=O)NCCCn1ccnc1. The van der Waals surface area contributed by atoms with Crippen molar-refractivity contribution in [2.45, 2.75) is 69.9 Å². The lowest BCUT2D eigenvalue weighted by molar-refractivity contribution is -0.167. The van der Waals surface area contributed by atoms with E-state index in [0.29, 0.717) is 43.8 Å². The molecule has 2 N–H and O–H groups in total. The maximum atomic E-state index is 14.8. The van der Waals surface area contributed by atoms with E-state index >= 15 is 0 Å². The van der Waals surface area contributed by atoms with Crippen LogP contribution in [-0.2, 0) is 39.3 Å². The maximum Gasteiger partial charge on any atom is 0.228 e. The summed E-state index contributed by atoms with van der Waals surface area (Å²) in [5.74, 6) is -1.12. The van der Waals surface area contributed by atoms with E-state index in [1.165, 1.54) is 5.56 Å². The van der Waals surface area contributed by atoms with Crippen LogP contribution in [0.25, 0.3) is 10.9 Å². The largest absolute Gasteiger partial charge is 0.356 e. The summed E-state index contributed by atoms with van der Waals surface area (Å²) in [5, 5.41) is 4.75. The monoisotopic (exact) mass is 654 g/mol. The quantitative estimate of drug-likeness (QED) is 0.221. The summed E-state index contributed by atoms with van der Waals surface area (Å²) in [4.78, 5) is 54.5. The molecule has 0 unspecified atom stereocenters. The number of hydrogen-bond donors (Lipinski definition) is 2. The van der Waals surface area contributed by atoms with Gasteiger partial charge in [0.25, 0.3) is 0 Å². The molecule has 3 aliphatic heterocycles. The molecule has 0 aliphatic carbocycles. The number of likely N-dealkylation sites (tertiary alicyclic amines) is 1. The first-order chi connectivity index (χ1) is 22.9. The Balaban J connectivity index is 1.24. The Bertz CT molecular complexity index is 1730. The number of benzene rings is 2. The number of nitrogens with zero attached hydrogens (tertiary/aromatic N) is 4. The van der Waals surface area contributed by atoms with E-state index in [1.54, 1.807) is 12.5 Å². The third kappa shape index (κ3) is 6.18. The van der Waals surface area contributed by atoms with E-state index in [-0.39, 0.29) is 24.1 Å². The second-order valence-electron chi connectivity index (χ2n) is 13.4. The Labute approximate surface area is 280 Å². The van der Waals surface area contributed by atoms with Crippen LogP contribution in [0.4, 0.5) is 0 Å². The van der Waals surface area contributed by atoms with Crippen LogP contribution in [0.3, 0.4) is 0 Å². The number of nitrogens with one attached hydrogen (secondary N) is 2. The summed E-state index contributed by atoms with van der Waals surface area (Å²) in [6.07, 6.45) is 11.7. The van der Waals surface area contributed by atoms with E-state index in [2.05, 4.69) is 27.4 Å². The number of fused-ring (bicyclic) bond motifs is 5. The third-order valence-corrected chi connectivity index (χ3v) is 10.8. The molecular weight excluding hydrogens is 612 g/mol. The van der Waals surface area contributed by atoms with Gasteiger partial charge < -0.3 is 24.7 Å². The maximum absolute atomic E-state index is 14.8. The fourth-order valence-electron chi connectivity index (χ4n) is 8.31. The van der Waals surface area contributed by atoms with Crippen molar-refractivity contribution in [2.75, 3.05) is 26.2 Å². The van der Waals surface area contributed by atoms with E-state index in [0.717, 1.165) is 67.5 Å². The lowest BCUT2D eigenvalue weighted by atomic mass is 9.64. The number of aryl methyl sites for hydroxylation is 2. The van der Waals surface area contributed by atoms with E-state index in [9.17, 15) is 14.4 Å². The van der Waals surface area contributed by atoms with E-state index in [1.807, 2.05) is 57.0 Å². The van der Waals surface area contributed by atoms with Gasteiger partial charge in [0, 0.05) is 79.1 Å². The predicted octanol–water partition coefficient (Wildman–Crippen LogP) is 5.48. The topological polar surface area (TPSA) is 103 Å². The molecule has 2 aromatic heterocycles. The number of aromatic amines is 1. The summed E-state index contributed by atoms with van der Waals surface area (Å²) in [6.45, 7) is 3.22. The van der Waals surface area contributed by atoms with Crippen molar-refractivity contribution in [1.82, 2.24) is 29.7 Å². The number of rotatable bonds is 10. The number of aromatic nitrogens is 3. The van der Waals surface area contributed by atoms with Gasteiger partial charge in [-0.2, -0.15) is 0 Å². The zero-order valence-corrected chi connectivity index (χ0v) is 27.6. The Hall–Kier alpha value is -4.11. The van der Waals surface area contributed by atoms with Crippen LogP contribution >= 0.6 is 11.6 Å². The summed E-state index contributed by atoms with van der Waals surface area (Å²) in [5.41, 5.74) is 3.38. The van der Waals surface area contributed by atoms with Gasteiger partial charge in [-0.15, -0.1) is 0 Å². The highest BCUT2D eigenvalue weighted by Gasteiger charge is 2.59. The van der Waals surface area contributed by atoms with Crippen molar-refractivity contribution in [3.8, 4) is 0 Å². The second-order valence-corrected chi connectivity index (χ2v) is 13.8. The molecule has 3 atom stereocenters. The number of carbonyl (C=O) groups is 3. The lowest BCUT2D eigenvalue weighted by Gasteiger charge is -2.56. The summed E-state index contributed by atoms with van der Waals surface area (Å²) >= 11 is 6.49.